The number of hydrogen-bond donors (Lipinski definition) is 1. The molecule has 2 aromatic carbocycles. The van der Waals surface area contributed by atoms with Crippen molar-refractivity contribution in [2.45, 2.75) is 24.7 Å². The van der Waals surface area contributed by atoms with Crippen LogP contribution in [0.1, 0.15) is 30.1 Å². The maximum atomic E-state index is 12.8. The minimum atomic E-state index is -3.51. The van der Waals surface area contributed by atoms with Gasteiger partial charge in [-0.15, -0.1) is 0 Å². The van der Waals surface area contributed by atoms with E-state index in [4.69, 9.17) is 0 Å². The minimum Gasteiger partial charge on any atom is -0.322 e. The molecule has 2 heterocycles. The quantitative estimate of drug-likeness (QED) is 0.656. The Morgan fingerprint density at radius 3 is 2.19 bits per heavy atom. The summed E-state index contributed by atoms with van der Waals surface area (Å²) in [5.41, 5.74) is 1.69. The fourth-order valence-electron chi connectivity index (χ4n) is 3.47. The molecule has 0 spiro atoms. The van der Waals surface area contributed by atoms with Crippen molar-refractivity contribution in [2.24, 2.45) is 5.92 Å². The van der Waals surface area contributed by atoms with Gasteiger partial charge in [0.25, 0.3) is 5.91 Å². The van der Waals surface area contributed by atoms with Gasteiger partial charge in [0.1, 0.15) is 0 Å². The highest BCUT2D eigenvalue weighted by Crippen LogP contribution is 2.24. The summed E-state index contributed by atoms with van der Waals surface area (Å²) in [7, 11) is -3.51. The molecule has 1 aliphatic rings. The number of anilines is 1. The first-order valence-corrected chi connectivity index (χ1v) is 11.7. The molecule has 31 heavy (non-hydrogen) atoms. The summed E-state index contributed by atoms with van der Waals surface area (Å²) in [4.78, 5) is 21.3. The van der Waals surface area contributed by atoms with Gasteiger partial charge in [0.05, 0.1) is 10.5 Å². The molecule has 4 rings (SSSR count). The molecular weight excluding hydrogens is 412 g/mol. The van der Waals surface area contributed by atoms with Gasteiger partial charge in [0.15, 0.2) is 5.82 Å². The molecule has 3 aromatic rings. The lowest BCUT2D eigenvalue weighted by atomic mass is 10.0. The van der Waals surface area contributed by atoms with Gasteiger partial charge in [-0.25, -0.2) is 18.4 Å². The molecule has 0 unspecified atom stereocenters. The molecule has 0 bridgehead atoms. The smallest absolute Gasteiger partial charge is 0.258 e. The van der Waals surface area contributed by atoms with Crippen LogP contribution in [0.25, 0.3) is 11.4 Å². The van der Waals surface area contributed by atoms with Crippen molar-refractivity contribution in [1.82, 2.24) is 14.3 Å². The van der Waals surface area contributed by atoms with Crippen LogP contribution in [-0.2, 0) is 10.0 Å². The molecule has 1 aromatic heterocycles. The van der Waals surface area contributed by atoms with Gasteiger partial charge < -0.3 is 5.32 Å². The summed E-state index contributed by atoms with van der Waals surface area (Å²) in [5, 5.41) is 2.75. The number of carbonyl (C=O) groups is 1. The van der Waals surface area contributed by atoms with Gasteiger partial charge >= 0.3 is 0 Å². The topological polar surface area (TPSA) is 92.3 Å². The summed E-state index contributed by atoms with van der Waals surface area (Å²) in [6.07, 6.45) is 4.69. The number of carbonyl (C=O) groups excluding carboxylic acids is 1. The number of nitrogens with one attached hydrogen (secondary N) is 1. The highest BCUT2D eigenvalue weighted by atomic mass is 32.2. The van der Waals surface area contributed by atoms with Gasteiger partial charge in [0, 0.05) is 36.7 Å². The number of hydrogen-bond acceptors (Lipinski definition) is 5. The van der Waals surface area contributed by atoms with E-state index in [1.807, 2.05) is 30.3 Å². The van der Waals surface area contributed by atoms with Crippen LogP contribution in [0.5, 0.6) is 0 Å². The number of benzene rings is 2. The van der Waals surface area contributed by atoms with E-state index in [9.17, 15) is 13.2 Å². The van der Waals surface area contributed by atoms with Crippen LogP contribution >= 0.6 is 0 Å². The van der Waals surface area contributed by atoms with Crippen molar-refractivity contribution < 1.29 is 13.2 Å². The van der Waals surface area contributed by atoms with E-state index in [0.717, 1.165) is 18.4 Å². The van der Waals surface area contributed by atoms with Gasteiger partial charge in [-0.1, -0.05) is 37.3 Å². The number of sulfonamides is 1. The van der Waals surface area contributed by atoms with Gasteiger partial charge in [-0.2, -0.15) is 4.31 Å². The van der Waals surface area contributed by atoms with Crippen LogP contribution in [0.15, 0.2) is 71.9 Å². The lowest BCUT2D eigenvalue weighted by molar-refractivity contribution is 0.102. The third-order valence-corrected chi connectivity index (χ3v) is 7.35. The lowest BCUT2D eigenvalue weighted by Crippen LogP contribution is -2.37. The molecular formula is C23H24N4O3S. The normalized spacial score (nSPS) is 15.5. The second-order valence-corrected chi connectivity index (χ2v) is 9.66. The number of aromatic nitrogens is 2. The Morgan fingerprint density at radius 1 is 0.968 bits per heavy atom. The van der Waals surface area contributed by atoms with Crippen molar-refractivity contribution in [3.63, 3.8) is 0 Å². The Balaban J connectivity index is 1.42. The van der Waals surface area contributed by atoms with E-state index in [1.54, 1.807) is 12.1 Å². The number of piperidine rings is 1. The van der Waals surface area contributed by atoms with Crippen LogP contribution in [0.2, 0.25) is 0 Å². The Morgan fingerprint density at radius 2 is 1.58 bits per heavy atom. The zero-order chi connectivity index (χ0) is 21.8. The van der Waals surface area contributed by atoms with Crippen molar-refractivity contribution in [1.29, 1.82) is 0 Å². The Kier molecular flexibility index (Phi) is 6.11. The fourth-order valence-corrected chi connectivity index (χ4v) is 4.94. The molecule has 1 fully saturated rings. The largest absolute Gasteiger partial charge is 0.322 e. The van der Waals surface area contributed by atoms with Gasteiger partial charge in [-0.05, 0) is 43.0 Å². The highest BCUT2D eigenvalue weighted by Gasteiger charge is 2.27. The average molecular weight is 437 g/mol. The third-order valence-electron chi connectivity index (χ3n) is 5.44. The summed E-state index contributed by atoms with van der Waals surface area (Å²) in [6.45, 7) is 3.23. The minimum absolute atomic E-state index is 0.232. The predicted octanol–water partition coefficient (Wildman–Crippen LogP) is 3.82. The molecule has 8 heteroatoms. The number of rotatable bonds is 5. The number of nitrogens with zero attached hydrogens (tertiary/aromatic N) is 3. The highest BCUT2D eigenvalue weighted by molar-refractivity contribution is 7.89. The van der Waals surface area contributed by atoms with Crippen LogP contribution in [0.4, 0.5) is 5.69 Å². The lowest BCUT2D eigenvalue weighted by Gasteiger charge is -2.29. The van der Waals surface area contributed by atoms with Crippen molar-refractivity contribution in [3.05, 3.63) is 72.6 Å². The standard InChI is InChI=1S/C23H24N4O3S/c1-17-11-13-27(14-12-17)31(29,30)21-9-7-20(8-10-21)26-23(28)19-15-24-22(25-16-19)18-5-3-2-4-6-18/h2-10,15-17H,11-14H2,1H3,(H,26,28). The van der Waals surface area contributed by atoms with Crippen LogP contribution in [-0.4, -0.2) is 41.7 Å². The molecule has 1 amide bonds. The van der Waals surface area contributed by atoms with Gasteiger partial charge in [-0.3, -0.25) is 4.79 Å². The Bertz CT molecular complexity index is 1140. The van der Waals surface area contributed by atoms with E-state index in [1.165, 1.54) is 28.8 Å². The first kappa shape index (κ1) is 21.1. The Hall–Kier alpha value is -3.10. The van der Waals surface area contributed by atoms with Crippen molar-refractivity contribution in [3.8, 4) is 11.4 Å². The number of amides is 1. The van der Waals surface area contributed by atoms with E-state index < -0.39 is 10.0 Å². The van der Waals surface area contributed by atoms with E-state index >= 15 is 0 Å². The summed E-state index contributed by atoms with van der Waals surface area (Å²) in [6, 6.07) is 15.7. The molecule has 0 aliphatic carbocycles. The molecule has 160 valence electrons. The predicted molar refractivity (Wildman–Crippen MR) is 119 cm³/mol. The van der Waals surface area contributed by atoms with Crippen molar-refractivity contribution >= 4 is 21.6 Å². The second-order valence-electron chi connectivity index (χ2n) is 7.73. The SMILES string of the molecule is CC1CCN(S(=O)(=O)c2ccc(NC(=O)c3cnc(-c4ccccc4)nc3)cc2)CC1. The van der Waals surface area contributed by atoms with Crippen LogP contribution < -0.4 is 5.32 Å². The van der Waals surface area contributed by atoms with E-state index in [-0.39, 0.29) is 10.8 Å². The molecule has 1 N–H and O–H groups in total. The van der Waals surface area contributed by atoms with E-state index in [2.05, 4.69) is 22.2 Å². The molecule has 1 aliphatic heterocycles. The second kappa shape index (κ2) is 8.95. The third kappa shape index (κ3) is 4.81. The molecule has 0 saturated carbocycles. The maximum absolute atomic E-state index is 12.8. The molecule has 0 radical (unpaired) electrons. The maximum Gasteiger partial charge on any atom is 0.258 e. The zero-order valence-electron chi connectivity index (χ0n) is 17.2. The first-order valence-electron chi connectivity index (χ1n) is 10.2. The Labute approximate surface area is 182 Å². The summed E-state index contributed by atoms with van der Waals surface area (Å²) in [5.74, 6) is 0.730. The monoisotopic (exact) mass is 436 g/mol. The van der Waals surface area contributed by atoms with Crippen LogP contribution in [0, 0.1) is 5.92 Å². The summed E-state index contributed by atoms with van der Waals surface area (Å²) >= 11 is 0. The fraction of sp³-hybridized carbons (Fsp3) is 0.261. The molecule has 1 saturated heterocycles. The van der Waals surface area contributed by atoms with Crippen molar-refractivity contribution in [2.75, 3.05) is 18.4 Å². The summed E-state index contributed by atoms with van der Waals surface area (Å²) < 4.78 is 27.2. The van der Waals surface area contributed by atoms with Crippen LogP contribution in [0.3, 0.4) is 0 Å². The first-order chi connectivity index (χ1) is 14.9. The zero-order valence-corrected chi connectivity index (χ0v) is 18.0. The average Bonchev–Trinajstić information content (AvgIpc) is 2.80. The van der Waals surface area contributed by atoms with Gasteiger partial charge in [0.2, 0.25) is 10.0 Å². The van der Waals surface area contributed by atoms with E-state index in [0.29, 0.717) is 36.1 Å². The molecule has 7 nitrogen and oxygen atoms in total. The molecule has 0 atom stereocenters.